The molecule has 4 nitrogen and oxygen atoms in total. The first-order valence-electron chi connectivity index (χ1n) is 4.60. The van der Waals surface area contributed by atoms with Gasteiger partial charge in [-0.2, -0.15) is 0 Å². The summed E-state index contributed by atoms with van der Waals surface area (Å²) < 4.78 is 10.00. The lowest BCUT2D eigenvalue weighted by molar-refractivity contribution is -0.159. The Balaban J connectivity index is 4.07. The van der Waals surface area contributed by atoms with E-state index in [2.05, 4.69) is 0 Å². The van der Waals surface area contributed by atoms with Crippen LogP contribution >= 0.6 is 0 Å². The number of ether oxygens (including phenoxy) is 2. The highest BCUT2D eigenvalue weighted by Gasteiger charge is 2.25. The summed E-state index contributed by atoms with van der Waals surface area (Å²) in [5.74, 6) is -0.652. The van der Waals surface area contributed by atoms with E-state index in [-0.39, 0.29) is 18.0 Å². The highest BCUT2D eigenvalue weighted by atomic mass is 16.6. The van der Waals surface area contributed by atoms with E-state index in [9.17, 15) is 9.59 Å². The van der Waals surface area contributed by atoms with Gasteiger partial charge in [0.25, 0.3) is 0 Å². The van der Waals surface area contributed by atoms with Crippen LogP contribution in [0.2, 0.25) is 0 Å². The molecule has 0 amide bonds. The van der Waals surface area contributed by atoms with Crippen LogP contribution < -0.4 is 0 Å². The number of rotatable bonds is 4. The van der Waals surface area contributed by atoms with Crippen LogP contribution in [-0.4, -0.2) is 23.6 Å². The summed E-state index contributed by atoms with van der Waals surface area (Å²) in [5.41, 5.74) is -0.597. The summed E-state index contributed by atoms with van der Waals surface area (Å²) in [7, 11) is 0. The zero-order valence-electron chi connectivity index (χ0n) is 9.42. The van der Waals surface area contributed by atoms with Crippen molar-refractivity contribution in [3.8, 4) is 0 Å². The van der Waals surface area contributed by atoms with Gasteiger partial charge in [0.2, 0.25) is 0 Å². The van der Waals surface area contributed by atoms with Crippen molar-refractivity contribution >= 4 is 11.9 Å². The topological polar surface area (TPSA) is 52.6 Å². The normalized spacial score (nSPS) is 13.2. The highest BCUT2D eigenvalue weighted by molar-refractivity contribution is 5.66. The molecule has 0 aliphatic carbocycles. The first kappa shape index (κ1) is 12.9. The molecule has 0 aliphatic rings. The van der Waals surface area contributed by atoms with Crippen LogP contribution in [0.15, 0.2) is 0 Å². The van der Waals surface area contributed by atoms with Crippen LogP contribution in [0.25, 0.3) is 0 Å². The van der Waals surface area contributed by atoms with Crippen LogP contribution in [-0.2, 0) is 19.1 Å². The summed E-state index contributed by atoms with van der Waals surface area (Å²) in [6.45, 7) is 8.06. The van der Waals surface area contributed by atoms with Crippen molar-refractivity contribution in [3.05, 3.63) is 0 Å². The average molecular weight is 202 g/mol. The molecule has 0 aromatic heterocycles. The number of esters is 2. The predicted octanol–water partition coefficient (Wildman–Crippen LogP) is 1.67. The minimum atomic E-state index is -0.597. The molecule has 0 saturated heterocycles. The third kappa shape index (κ3) is 6.46. The van der Waals surface area contributed by atoms with Crippen LogP contribution in [0.4, 0.5) is 0 Å². The van der Waals surface area contributed by atoms with E-state index in [0.29, 0.717) is 6.42 Å². The molecule has 0 aliphatic heterocycles. The molecule has 0 fully saturated rings. The van der Waals surface area contributed by atoms with Gasteiger partial charge in [-0.05, 0) is 20.8 Å². The van der Waals surface area contributed by atoms with E-state index >= 15 is 0 Å². The molecule has 0 radical (unpaired) electrons. The third-order valence-electron chi connectivity index (χ3n) is 1.57. The lowest BCUT2D eigenvalue weighted by Crippen LogP contribution is -2.32. The Bertz CT molecular complexity index is 220. The zero-order chi connectivity index (χ0) is 11.4. The lowest BCUT2D eigenvalue weighted by atomic mass is 10.0. The fraction of sp³-hybridized carbons (Fsp3) is 0.800. The van der Waals surface area contributed by atoms with Gasteiger partial charge in [-0.3, -0.25) is 9.59 Å². The van der Waals surface area contributed by atoms with Gasteiger partial charge in [-0.1, -0.05) is 0 Å². The van der Waals surface area contributed by atoms with Crippen molar-refractivity contribution < 1.29 is 19.1 Å². The molecular weight excluding hydrogens is 184 g/mol. The van der Waals surface area contributed by atoms with Gasteiger partial charge in [0, 0.05) is 20.3 Å². The summed E-state index contributed by atoms with van der Waals surface area (Å²) in [6, 6.07) is 0. The third-order valence-corrected chi connectivity index (χ3v) is 1.57. The maximum atomic E-state index is 10.7. The summed E-state index contributed by atoms with van der Waals surface area (Å²) in [4.78, 5) is 21.4. The Morgan fingerprint density at radius 2 is 1.71 bits per heavy atom. The second kappa shape index (κ2) is 4.98. The van der Waals surface area contributed by atoms with Crippen LogP contribution in [0.5, 0.6) is 0 Å². The van der Waals surface area contributed by atoms with Crippen LogP contribution in [0.1, 0.15) is 41.0 Å². The summed E-state index contributed by atoms with van der Waals surface area (Å²) in [5, 5.41) is 0. The standard InChI is InChI=1S/C10H18O4/c1-7(13-8(2)11)6-10(4,5)14-9(3)12/h7H,6H2,1-5H3. The van der Waals surface area contributed by atoms with Crippen molar-refractivity contribution in [1.82, 2.24) is 0 Å². The second-order valence-corrected chi connectivity index (χ2v) is 3.98. The number of carbonyl (C=O) groups excluding carboxylic acids is 2. The molecule has 0 rings (SSSR count). The maximum Gasteiger partial charge on any atom is 0.303 e. The lowest BCUT2D eigenvalue weighted by Gasteiger charge is -2.27. The summed E-state index contributed by atoms with van der Waals surface area (Å²) >= 11 is 0. The molecule has 0 aromatic carbocycles. The zero-order valence-corrected chi connectivity index (χ0v) is 9.42. The first-order chi connectivity index (χ1) is 6.23. The largest absolute Gasteiger partial charge is 0.463 e. The molecule has 0 saturated carbocycles. The fourth-order valence-electron chi connectivity index (χ4n) is 1.45. The molecule has 1 unspecified atom stereocenters. The Morgan fingerprint density at radius 1 is 1.21 bits per heavy atom. The number of hydrogen-bond acceptors (Lipinski definition) is 4. The van der Waals surface area contributed by atoms with Crippen molar-refractivity contribution in [2.75, 3.05) is 0 Å². The minimum absolute atomic E-state index is 0.248. The molecule has 0 aromatic rings. The predicted molar refractivity (Wildman–Crippen MR) is 51.7 cm³/mol. The molecule has 0 N–H and O–H groups in total. The van der Waals surface area contributed by atoms with E-state index in [1.165, 1.54) is 13.8 Å². The first-order valence-corrected chi connectivity index (χ1v) is 4.60. The second-order valence-electron chi connectivity index (χ2n) is 3.98. The van der Waals surface area contributed by atoms with E-state index in [0.717, 1.165) is 0 Å². The molecule has 4 heteroatoms. The van der Waals surface area contributed by atoms with E-state index < -0.39 is 5.60 Å². The molecule has 14 heavy (non-hydrogen) atoms. The minimum Gasteiger partial charge on any atom is -0.463 e. The Kier molecular flexibility index (Phi) is 4.60. The van der Waals surface area contributed by atoms with E-state index in [1.54, 1.807) is 20.8 Å². The average Bonchev–Trinajstić information content (AvgIpc) is 1.77. The van der Waals surface area contributed by atoms with Gasteiger partial charge < -0.3 is 9.47 Å². The summed E-state index contributed by atoms with van der Waals surface area (Å²) in [6.07, 6.45) is 0.244. The van der Waals surface area contributed by atoms with Gasteiger partial charge in [-0.15, -0.1) is 0 Å². The van der Waals surface area contributed by atoms with Gasteiger partial charge in [0.1, 0.15) is 11.7 Å². The number of carbonyl (C=O) groups is 2. The molecule has 0 spiro atoms. The van der Waals surface area contributed by atoms with Crippen LogP contribution in [0.3, 0.4) is 0 Å². The maximum absolute atomic E-state index is 10.7. The monoisotopic (exact) mass is 202 g/mol. The van der Waals surface area contributed by atoms with Gasteiger partial charge >= 0.3 is 11.9 Å². The Hall–Kier alpha value is -1.06. The smallest absolute Gasteiger partial charge is 0.303 e. The van der Waals surface area contributed by atoms with Crippen molar-refractivity contribution in [2.24, 2.45) is 0 Å². The van der Waals surface area contributed by atoms with E-state index in [1.807, 2.05) is 0 Å². The molecular formula is C10H18O4. The van der Waals surface area contributed by atoms with Gasteiger partial charge in [0.05, 0.1) is 0 Å². The Morgan fingerprint density at radius 3 is 2.07 bits per heavy atom. The van der Waals surface area contributed by atoms with Crippen molar-refractivity contribution in [3.63, 3.8) is 0 Å². The van der Waals surface area contributed by atoms with Gasteiger partial charge in [0.15, 0.2) is 0 Å². The van der Waals surface area contributed by atoms with Crippen molar-refractivity contribution in [2.45, 2.75) is 52.7 Å². The Labute approximate surface area is 84.6 Å². The van der Waals surface area contributed by atoms with Gasteiger partial charge in [-0.25, -0.2) is 0 Å². The SMILES string of the molecule is CC(=O)OC(C)CC(C)(C)OC(C)=O. The molecule has 82 valence electrons. The van der Waals surface area contributed by atoms with E-state index in [4.69, 9.17) is 9.47 Å². The fourth-order valence-corrected chi connectivity index (χ4v) is 1.45. The number of hydrogen-bond donors (Lipinski definition) is 0. The molecule has 0 bridgehead atoms. The van der Waals surface area contributed by atoms with Crippen LogP contribution in [0, 0.1) is 0 Å². The quantitative estimate of drug-likeness (QED) is 0.651. The molecule has 1 atom stereocenters. The highest BCUT2D eigenvalue weighted by Crippen LogP contribution is 2.18. The molecule has 0 heterocycles. The van der Waals surface area contributed by atoms with Crippen molar-refractivity contribution in [1.29, 1.82) is 0 Å².